The molecule has 4 rings (SSSR count). The molecule has 0 radical (unpaired) electrons. The minimum Gasteiger partial charge on any atom is -0.378 e. The molecule has 1 aliphatic rings. The zero-order chi connectivity index (χ0) is 28.3. The Labute approximate surface area is 222 Å². The van der Waals surface area contributed by atoms with Crippen LogP contribution in [0.15, 0.2) is 47.4 Å². The van der Waals surface area contributed by atoms with E-state index in [0.717, 1.165) is 12.1 Å². The van der Waals surface area contributed by atoms with E-state index in [0.29, 0.717) is 11.4 Å². The molecule has 1 aromatic heterocycles. The fourth-order valence-electron chi connectivity index (χ4n) is 3.91. The largest absolute Gasteiger partial charge is 0.378 e. The first-order valence-electron chi connectivity index (χ1n) is 11.5. The van der Waals surface area contributed by atoms with Crippen LogP contribution < -0.4 is 10.0 Å². The molecule has 0 saturated carbocycles. The highest BCUT2D eigenvalue weighted by atomic mass is 32.2. The van der Waals surface area contributed by atoms with Crippen LogP contribution in [0, 0.1) is 34.1 Å². The predicted octanol–water partition coefficient (Wildman–Crippen LogP) is 2.93. The smallest absolute Gasteiger partial charge is 0.300 e. The highest BCUT2D eigenvalue weighted by Crippen LogP contribution is 2.38. The van der Waals surface area contributed by atoms with Crippen molar-refractivity contribution in [3.05, 3.63) is 79.6 Å². The van der Waals surface area contributed by atoms with E-state index in [1.807, 2.05) is 0 Å². The van der Waals surface area contributed by atoms with Gasteiger partial charge in [0.15, 0.2) is 5.69 Å². The van der Waals surface area contributed by atoms with Crippen LogP contribution in [0.4, 0.5) is 28.7 Å². The predicted molar refractivity (Wildman–Crippen MR) is 139 cm³/mol. The molecule has 0 atom stereocenters. The lowest BCUT2D eigenvalue weighted by Crippen LogP contribution is -2.40. The van der Waals surface area contributed by atoms with Crippen molar-refractivity contribution in [2.45, 2.75) is 18.7 Å². The summed E-state index contributed by atoms with van der Waals surface area (Å²) in [7, 11) is -4.08. The lowest BCUT2D eigenvalue weighted by Gasteiger charge is -2.26. The van der Waals surface area contributed by atoms with Crippen molar-refractivity contribution in [2.75, 3.05) is 36.3 Å². The number of hydrogen-bond acceptors (Lipinski definition) is 11. The van der Waals surface area contributed by atoms with Gasteiger partial charge in [-0.05, 0) is 44.2 Å². The number of aromatic nitrogens is 2. The van der Waals surface area contributed by atoms with Gasteiger partial charge in [0.1, 0.15) is 0 Å². The number of nitrogens with zero attached hydrogens (tertiary/aromatic N) is 5. The maximum absolute atomic E-state index is 12.9. The monoisotopic (exact) mass is 557 g/mol. The number of aryl methyl sites for hydroxylation is 2. The highest BCUT2D eigenvalue weighted by molar-refractivity contribution is 7.92. The van der Waals surface area contributed by atoms with E-state index < -0.39 is 42.8 Å². The number of hydrogen-bond donors (Lipinski definition) is 2. The van der Waals surface area contributed by atoms with Crippen molar-refractivity contribution in [1.29, 1.82) is 0 Å². The Morgan fingerprint density at radius 3 is 2.00 bits per heavy atom. The summed E-state index contributed by atoms with van der Waals surface area (Å²) in [6, 6.07) is 8.62. The van der Waals surface area contributed by atoms with Gasteiger partial charge in [-0.3, -0.25) is 25.0 Å². The lowest BCUT2D eigenvalue weighted by molar-refractivity contribution is -0.392. The Hall–Kier alpha value is -4.70. The van der Waals surface area contributed by atoms with Gasteiger partial charge in [0.05, 0.1) is 33.5 Å². The molecule has 0 bridgehead atoms. The number of carbonyl (C=O) groups is 1. The van der Waals surface area contributed by atoms with Gasteiger partial charge in [-0.1, -0.05) is 0 Å². The van der Waals surface area contributed by atoms with E-state index in [-0.39, 0.29) is 48.4 Å². The van der Waals surface area contributed by atoms with Crippen molar-refractivity contribution >= 4 is 44.6 Å². The molecule has 2 aromatic carbocycles. The summed E-state index contributed by atoms with van der Waals surface area (Å²) in [6.07, 6.45) is 0. The fraction of sp³-hybridized carbons (Fsp3) is 0.261. The normalized spacial score (nSPS) is 13.5. The van der Waals surface area contributed by atoms with Crippen LogP contribution in [0.5, 0.6) is 0 Å². The third kappa shape index (κ3) is 6.24. The number of nitro groups is 2. The van der Waals surface area contributed by atoms with Crippen LogP contribution in [-0.2, 0) is 14.8 Å². The summed E-state index contributed by atoms with van der Waals surface area (Å²) in [5, 5.41) is 26.3. The van der Waals surface area contributed by atoms with Gasteiger partial charge in [-0.2, -0.15) is 0 Å². The molecule has 39 heavy (non-hydrogen) atoms. The van der Waals surface area contributed by atoms with Crippen molar-refractivity contribution in [1.82, 2.24) is 14.9 Å². The van der Waals surface area contributed by atoms with Gasteiger partial charge in [0.25, 0.3) is 15.9 Å². The third-order valence-corrected chi connectivity index (χ3v) is 7.02. The number of nitro benzene ring substituents is 2. The van der Waals surface area contributed by atoms with Gasteiger partial charge in [-0.25, -0.2) is 23.1 Å². The summed E-state index contributed by atoms with van der Waals surface area (Å²) in [5.74, 6) is -0.696. The van der Waals surface area contributed by atoms with E-state index in [4.69, 9.17) is 4.74 Å². The van der Waals surface area contributed by atoms with E-state index in [1.54, 1.807) is 19.9 Å². The molecule has 1 saturated heterocycles. The molecule has 0 unspecified atom stereocenters. The van der Waals surface area contributed by atoms with E-state index in [2.05, 4.69) is 20.0 Å². The molecule has 16 heteroatoms. The van der Waals surface area contributed by atoms with Crippen LogP contribution in [0.2, 0.25) is 0 Å². The van der Waals surface area contributed by atoms with Crippen molar-refractivity contribution in [3.8, 4) is 0 Å². The SMILES string of the molecule is Cc1cc(C)nc(NS(=O)(=O)c2ccc(Nc3c([N+](=O)[O-])cc(C(=O)N4CCOCC4)cc3[N+](=O)[O-])cc2)n1. The number of morpholine rings is 1. The van der Waals surface area contributed by atoms with Crippen LogP contribution in [-0.4, -0.2) is 65.3 Å². The summed E-state index contributed by atoms with van der Waals surface area (Å²) in [5.41, 5.74) is -0.767. The first kappa shape index (κ1) is 27.3. The Morgan fingerprint density at radius 2 is 1.49 bits per heavy atom. The minimum atomic E-state index is -4.08. The molecule has 3 aromatic rings. The number of ether oxygens (including phenoxy) is 1. The molecule has 15 nitrogen and oxygen atoms in total. The number of sulfonamides is 1. The Balaban J connectivity index is 1.63. The fourth-order valence-corrected chi connectivity index (χ4v) is 4.86. The quantitative estimate of drug-likeness (QED) is 0.305. The molecule has 0 spiro atoms. The Kier molecular flexibility index (Phi) is 7.68. The molecule has 204 valence electrons. The van der Waals surface area contributed by atoms with Crippen molar-refractivity contribution in [3.63, 3.8) is 0 Å². The van der Waals surface area contributed by atoms with Crippen molar-refractivity contribution < 1.29 is 27.8 Å². The molecule has 1 fully saturated rings. The van der Waals surface area contributed by atoms with Gasteiger partial charge in [0.2, 0.25) is 5.95 Å². The standard InChI is InChI=1S/C23H23N7O8S/c1-14-11-15(2)25-23(24-14)27-39(36,37)18-5-3-17(4-6-18)26-21-19(29(32)33)12-16(13-20(21)30(34)35)22(31)28-7-9-38-10-8-28/h3-6,11-13,26H,7-10H2,1-2H3,(H,24,25,27). The van der Waals surface area contributed by atoms with E-state index in [1.165, 1.54) is 29.2 Å². The Morgan fingerprint density at radius 1 is 0.949 bits per heavy atom. The summed E-state index contributed by atoms with van der Waals surface area (Å²) in [6.45, 7) is 4.45. The first-order chi connectivity index (χ1) is 18.4. The molecule has 2 N–H and O–H groups in total. The number of nitrogens with one attached hydrogen (secondary N) is 2. The molecule has 1 aliphatic heterocycles. The molecule has 0 aliphatic carbocycles. The zero-order valence-electron chi connectivity index (χ0n) is 20.8. The average molecular weight is 558 g/mol. The molecular weight excluding hydrogens is 534 g/mol. The minimum absolute atomic E-state index is 0.104. The number of amides is 1. The lowest BCUT2D eigenvalue weighted by atomic mass is 10.1. The summed E-state index contributed by atoms with van der Waals surface area (Å²) >= 11 is 0. The Bertz CT molecular complexity index is 1500. The van der Waals surface area contributed by atoms with Crippen LogP contribution in [0.1, 0.15) is 21.7 Å². The summed E-state index contributed by atoms with van der Waals surface area (Å²) < 4.78 is 33.0. The molecular formula is C23H23N7O8S. The number of benzene rings is 2. The second-order valence-corrected chi connectivity index (χ2v) is 10.2. The number of anilines is 3. The summed E-state index contributed by atoms with van der Waals surface area (Å²) in [4.78, 5) is 44.2. The van der Waals surface area contributed by atoms with Crippen LogP contribution >= 0.6 is 0 Å². The van der Waals surface area contributed by atoms with Gasteiger partial charge in [-0.15, -0.1) is 0 Å². The van der Waals surface area contributed by atoms with E-state index >= 15 is 0 Å². The molecule has 2 heterocycles. The topological polar surface area (TPSA) is 200 Å². The van der Waals surface area contributed by atoms with Gasteiger partial charge < -0.3 is 15.0 Å². The first-order valence-corrected chi connectivity index (χ1v) is 13.0. The van der Waals surface area contributed by atoms with Gasteiger partial charge >= 0.3 is 11.4 Å². The zero-order valence-corrected chi connectivity index (χ0v) is 21.6. The molecule has 1 amide bonds. The van der Waals surface area contributed by atoms with Crippen molar-refractivity contribution in [2.24, 2.45) is 0 Å². The van der Waals surface area contributed by atoms with Gasteiger partial charge in [0, 0.05) is 42.3 Å². The maximum Gasteiger partial charge on any atom is 0.300 e. The highest BCUT2D eigenvalue weighted by Gasteiger charge is 2.31. The number of carbonyl (C=O) groups excluding carboxylic acids is 1. The maximum atomic E-state index is 12.9. The average Bonchev–Trinajstić information content (AvgIpc) is 2.88. The second-order valence-electron chi connectivity index (χ2n) is 8.54. The third-order valence-electron chi connectivity index (χ3n) is 5.68. The van der Waals surface area contributed by atoms with E-state index in [9.17, 15) is 33.4 Å². The van der Waals surface area contributed by atoms with Crippen LogP contribution in [0.3, 0.4) is 0 Å². The van der Waals surface area contributed by atoms with Crippen LogP contribution in [0.25, 0.3) is 0 Å². The second kappa shape index (κ2) is 11.0. The number of rotatable bonds is 8.